The highest BCUT2D eigenvalue weighted by Gasteiger charge is 2.32. The summed E-state index contributed by atoms with van der Waals surface area (Å²) < 4.78 is 38.3. The number of H-pyrrole nitrogens is 1. The maximum atomic E-state index is 12.8. The third-order valence-electron chi connectivity index (χ3n) is 4.56. The molecule has 0 aliphatic carbocycles. The molecule has 2 aromatic carbocycles. The molecule has 1 heterocycles. The second-order valence-electron chi connectivity index (χ2n) is 6.53. The number of hydrogen-bond acceptors (Lipinski definition) is 2. The van der Waals surface area contributed by atoms with Gasteiger partial charge in [0.2, 0.25) is 0 Å². The van der Waals surface area contributed by atoms with Crippen LogP contribution in [0.1, 0.15) is 45.7 Å². The number of carbonyl (C=O) groups excluding carboxylic acids is 1. The molecule has 1 aromatic heterocycles. The molecule has 0 aliphatic heterocycles. The van der Waals surface area contributed by atoms with Crippen molar-refractivity contribution in [3.8, 4) is 0 Å². The summed E-state index contributed by atoms with van der Waals surface area (Å²) in [4.78, 5) is 26.5. The van der Waals surface area contributed by atoms with Crippen LogP contribution in [0.5, 0.6) is 0 Å². The zero-order chi connectivity index (χ0) is 21.0. The first-order chi connectivity index (χ1) is 13.8. The van der Waals surface area contributed by atoms with Crippen LogP contribution in [0, 0.1) is 0 Å². The molecular weight excluding hydrogens is 381 g/mol. The van der Waals surface area contributed by atoms with E-state index in [4.69, 9.17) is 0 Å². The van der Waals surface area contributed by atoms with E-state index in [2.05, 4.69) is 5.32 Å². The lowest BCUT2D eigenvalue weighted by Gasteiger charge is -2.20. The van der Waals surface area contributed by atoms with Gasteiger partial charge in [0, 0.05) is 0 Å². The van der Waals surface area contributed by atoms with E-state index in [0.717, 1.165) is 29.2 Å². The molecular formula is C22H19F3N2O2. The van der Waals surface area contributed by atoms with Gasteiger partial charge in [0.25, 0.3) is 11.5 Å². The van der Waals surface area contributed by atoms with E-state index < -0.39 is 29.4 Å². The highest BCUT2D eigenvalue weighted by Crippen LogP contribution is 2.27. The first kappa shape index (κ1) is 20.4. The molecule has 29 heavy (non-hydrogen) atoms. The van der Waals surface area contributed by atoms with Crippen molar-refractivity contribution in [2.45, 2.75) is 25.6 Å². The van der Waals surface area contributed by atoms with Gasteiger partial charge in [0.1, 0.15) is 11.3 Å². The molecule has 150 valence electrons. The van der Waals surface area contributed by atoms with Gasteiger partial charge in [-0.15, -0.1) is 0 Å². The molecule has 7 heteroatoms. The van der Waals surface area contributed by atoms with Crippen molar-refractivity contribution >= 4 is 5.91 Å². The lowest BCUT2D eigenvalue weighted by molar-refractivity contribution is -0.141. The van der Waals surface area contributed by atoms with Crippen LogP contribution in [0.3, 0.4) is 0 Å². The Morgan fingerprint density at radius 1 is 1.00 bits per heavy atom. The SMILES string of the molecule is CCc1cccc(C(NC(=O)c2ccc(C(F)(F)F)[nH]c2=O)c2ccccc2)c1. The summed E-state index contributed by atoms with van der Waals surface area (Å²) in [7, 11) is 0. The van der Waals surface area contributed by atoms with Crippen LogP contribution < -0.4 is 10.9 Å². The Labute approximate surface area is 165 Å². The summed E-state index contributed by atoms with van der Waals surface area (Å²) in [5.74, 6) is -0.754. The second-order valence-corrected chi connectivity index (χ2v) is 6.53. The van der Waals surface area contributed by atoms with Crippen LogP contribution in [-0.2, 0) is 12.6 Å². The van der Waals surface area contributed by atoms with Crippen molar-refractivity contribution in [2.24, 2.45) is 0 Å². The number of hydrogen-bond donors (Lipinski definition) is 2. The van der Waals surface area contributed by atoms with Gasteiger partial charge >= 0.3 is 6.18 Å². The van der Waals surface area contributed by atoms with Crippen molar-refractivity contribution < 1.29 is 18.0 Å². The van der Waals surface area contributed by atoms with Gasteiger partial charge in [-0.1, -0.05) is 61.5 Å². The summed E-state index contributed by atoms with van der Waals surface area (Å²) in [5, 5.41) is 2.78. The Bertz CT molecular complexity index is 1060. The van der Waals surface area contributed by atoms with Crippen LogP contribution in [0.4, 0.5) is 13.2 Å². The molecule has 3 rings (SSSR count). The van der Waals surface area contributed by atoms with Gasteiger partial charge in [-0.2, -0.15) is 13.2 Å². The number of halogens is 3. The summed E-state index contributed by atoms with van der Waals surface area (Å²) in [6, 6.07) is 17.8. The molecule has 2 N–H and O–H groups in total. The van der Waals surface area contributed by atoms with Crippen molar-refractivity contribution in [1.29, 1.82) is 0 Å². The van der Waals surface area contributed by atoms with Crippen molar-refractivity contribution in [2.75, 3.05) is 0 Å². The Balaban J connectivity index is 1.96. The van der Waals surface area contributed by atoms with Crippen LogP contribution >= 0.6 is 0 Å². The third kappa shape index (κ3) is 4.74. The number of alkyl halides is 3. The molecule has 0 spiro atoms. The van der Waals surface area contributed by atoms with Gasteiger partial charge in [-0.3, -0.25) is 9.59 Å². The van der Waals surface area contributed by atoms with E-state index in [1.807, 2.05) is 61.5 Å². The maximum absolute atomic E-state index is 12.8. The lowest BCUT2D eigenvalue weighted by atomic mass is 9.96. The molecule has 3 aromatic rings. The first-order valence-electron chi connectivity index (χ1n) is 9.04. The number of aromatic nitrogens is 1. The first-order valence-corrected chi connectivity index (χ1v) is 9.04. The number of amides is 1. The summed E-state index contributed by atoms with van der Waals surface area (Å²) >= 11 is 0. The summed E-state index contributed by atoms with van der Waals surface area (Å²) in [6.07, 6.45) is -3.89. The molecule has 1 atom stereocenters. The van der Waals surface area contributed by atoms with Crippen LogP contribution in [-0.4, -0.2) is 10.9 Å². The minimum Gasteiger partial charge on any atom is -0.341 e. The highest BCUT2D eigenvalue weighted by atomic mass is 19.4. The quantitative estimate of drug-likeness (QED) is 0.664. The standard InChI is InChI=1S/C22H19F3N2O2/c1-2-14-7-6-10-16(13-14)19(15-8-4-3-5-9-15)27-21(29)17-11-12-18(22(23,24)25)26-20(17)28/h3-13,19H,2H2,1H3,(H,26,28)(H,27,29). The van der Waals surface area contributed by atoms with E-state index in [1.165, 1.54) is 0 Å². The normalized spacial score (nSPS) is 12.4. The van der Waals surface area contributed by atoms with Gasteiger partial charge in [0.05, 0.1) is 6.04 Å². The third-order valence-corrected chi connectivity index (χ3v) is 4.56. The fraction of sp³-hybridized carbons (Fsp3) is 0.182. The second kappa shape index (κ2) is 8.34. The highest BCUT2D eigenvalue weighted by molar-refractivity contribution is 5.94. The molecule has 0 fully saturated rings. The van der Waals surface area contributed by atoms with Crippen molar-refractivity contribution in [3.05, 3.63) is 105 Å². The number of pyridine rings is 1. The van der Waals surface area contributed by atoms with E-state index in [1.54, 1.807) is 4.98 Å². The maximum Gasteiger partial charge on any atom is 0.431 e. The van der Waals surface area contributed by atoms with E-state index >= 15 is 0 Å². The fourth-order valence-corrected chi connectivity index (χ4v) is 3.02. The van der Waals surface area contributed by atoms with Gasteiger partial charge in [-0.05, 0) is 35.2 Å². The van der Waals surface area contributed by atoms with Crippen molar-refractivity contribution in [3.63, 3.8) is 0 Å². The molecule has 0 aliphatic rings. The Kier molecular flexibility index (Phi) is 5.87. The average molecular weight is 400 g/mol. The average Bonchev–Trinajstić information content (AvgIpc) is 2.71. The monoisotopic (exact) mass is 400 g/mol. The molecule has 1 unspecified atom stereocenters. The predicted molar refractivity (Wildman–Crippen MR) is 104 cm³/mol. The molecule has 0 bridgehead atoms. The predicted octanol–water partition coefficient (Wildman–Crippen LogP) is 4.48. The summed E-state index contributed by atoms with van der Waals surface area (Å²) in [5.41, 5.74) is 0.000991. The van der Waals surface area contributed by atoms with Crippen LogP contribution in [0.15, 0.2) is 71.5 Å². The van der Waals surface area contributed by atoms with Gasteiger partial charge < -0.3 is 10.3 Å². The van der Waals surface area contributed by atoms with Crippen molar-refractivity contribution in [1.82, 2.24) is 10.3 Å². The fourth-order valence-electron chi connectivity index (χ4n) is 3.02. The minimum atomic E-state index is -4.69. The topological polar surface area (TPSA) is 62.0 Å². The summed E-state index contributed by atoms with van der Waals surface area (Å²) in [6.45, 7) is 2.01. The van der Waals surface area contributed by atoms with Gasteiger partial charge in [-0.25, -0.2) is 0 Å². The van der Waals surface area contributed by atoms with Gasteiger partial charge in [0.15, 0.2) is 0 Å². The lowest BCUT2D eigenvalue weighted by Crippen LogP contribution is -2.34. The zero-order valence-electron chi connectivity index (χ0n) is 15.6. The Morgan fingerprint density at radius 2 is 1.69 bits per heavy atom. The number of benzene rings is 2. The smallest absolute Gasteiger partial charge is 0.341 e. The van der Waals surface area contributed by atoms with E-state index in [-0.39, 0.29) is 5.56 Å². The molecule has 4 nitrogen and oxygen atoms in total. The Morgan fingerprint density at radius 3 is 2.31 bits per heavy atom. The number of rotatable bonds is 5. The van der Waals surface area contributed by atoms with E-state index in [9.17, 15) is 22.8 Å². The number of nitrogens with one attached hydrogen (secondary N) is 2. The Hall–Kier alpha value is -3.35. The minimum absolute atomic E-state index is 0.384. The number of carbonyl (C=O) groups is 1. The molecule has 0 saturated carbocycles. The molecule has 0 saturated heterocycles. The zero-order valence-corrected chi connectivity index (χ0v) is 15.6. The van der Waals surface area contributed by atoms with Crippen LogP contribution in [0.2, 0.25) is 0 Å². The molecule has 1 amide bonds. The number of aryl methyl sites for hydroxylation is 1. The van der Waals surface area contributed by atoms with E-state index in [0.29, 0.717) is 6.07 Å². The molecule has 0 radical (unpaired) electrons. The largest absolute Gasteiger partial charge is 0.431 e. The van der Waals surface area contributed by atoms with Crippen LogP contribution in [0.25, 0.3) is 0 Å². The number of aromatic amines is 1.